The van der Waals surface area contributed by atoms with Crippen molar-refractivity contribution < 1.29 is 4.39 Å². The molecular weight excluding hydrogens is 267 g/mol. The summed E-state index contributed by atoms with van der Waals surface area (Å²) < 4.78 is 12.9. The van der Waals surface area contributed by atoms with E-state index in [1.165, 1.54) is 12.1 Å². The normalized spacial score (nSPS) is 12.0. The minimum absolute atomic E-state index is 0.193. The molecule has 1 aromatic carbocycles. The number of anilines is 2. The van der Waals surface area contributed by atoms with Gasteiger partial charge in [0.25, 0.3) is 0 Å². The van der Waals surface area contributed by atoms with Gasteiger partial charge in [-0.3, -0.25) is 0 Å². The van der Waals surface area contributed by atoms with Gasteiger partial charge in [0.05, 0.1) is 0 Å². The summed E-state index contributed by atoms with van der Waals surface area (Å²) in [4.78, 5) is 8.52. The molecule has 0 saturated heterocycles. The van der Waals surface area contributed by atoms with Gasteiger partial charge in [-0.15, -0.1) is 0 Å². The summed E-state index contributed by atoms with van der Waals surface area (Å²) in [6, 6.07) is 6.79. The molecule has 5 heteroatoms. The Labute approximate surface area is 124 Å². The van der Waals surface area contributed by atoms with Crippen molar-refractivity contribution in [3.63, 3.8) is 0 Å². The molecule has 0 saturated carbocycles. The van der Waals surface area contributed by atoms with Crippen molar-refractivity contribution >= 4 is 11.6 Å². The predicted octanol–water partition coefficient (Wildman–Crippen LogP) is 3.40. The van der Waals surface area contributed by atoms with Gasteiger partial charge in [-0.1, -0.05) is 12.1 Å². The van der Waals surface area contributed by atoms with E-state index in [0.717, 1.165) is 35.7 Å². The van der Waals surface area contributed by atoms with Crippen LogP contribution < -0.4 is 10.6 Å². The Kier molecular flexibility index (Phi) is 5.09. The van der Waals surface area contributed by atoms with Crippen LogP contribution in [-0.2, 0) is 6.42 Å². The first-order valence-corrected chi connectivity index (χ1v) is 7.16. The fourth-order valence-electron chi connectivity index (χ4n) is 2.20. The minimum Gasteiger partial charge on any atom is -0.370 e. The van der Waals surface area contributed by atoms with Gasteiger partial charge >= 0.3 is 0 Å². The van der Waals surface area contributed by atoms with Gasteiger partial charge in [0.2, 0.25) is 0 Å². The fraction of sp³-hybridized carbons (Fsp3) is 0.375. The lowest BCUT2D eigenvalue weighted by Crippen LogP contribution is -2.20. The molecule has 1 unspecified atom stereocenters. The van der Waals surface area contributed by atoms with Crippen LogP contribution in [-0.4, -0.2) is 22.6 Å². The quantitative estimate of drug-likeness (QED) is 0.855. The lowest BCUT2D eigenvalue weighted by atomic mass is 10.1. The topological polar surface area (TPSA) is 49.8 Å². The van der Waals surface area contributed by atoms with E-state index in [9.17, 15) is 4.39 Å². The molecule has 2 N–H and O–H groups in total. The van der Waals surface area contributed by atoms with Crippen molar-refractivity contribution in [1.29, 1.82) is 0 Å². The number of nitrogens with one attached hydrogen (secondary N) is 2. The van der Waals surface area contributed by atoms with E-state index in [1.54, 1.807) is 6.33 Å². The molecule has 2 rings (SSSR count). The van der Waals surface area contributed by atoms with Crippen molar-refractivity contribution in [1.82, 2.24) is 9.97 Å². The maximum Gasteiger partial charge on any atom is 0.134 e. The zero-order valence-electron chi connectivity index (χ0n) is 12.7. The standard InChI is InChI=1S/C16H21FN4/c1-4-18-15-12(3)16(20-10-19-15)21-11(2)9-13-5-7-14(17)8-6-13/h5-8,10-11H,4,9H2,1-3H3,(H2,18,19,20,21). The van der Waals surface area contributed by atoms with Crippen LogP contribution in [0.2, 0.25) is 0 Å². The summed E-state index contributed by atoms with van der Waals surface area (Å²) in [6.45, 7) is 6.93. The lowest BCUT2D eigenvalue weighted by Gasteiger charge is -2.17. The van der Waals surface area contributed by atoms with E-state index in [2.05, 4.69) is 27.5 Å². The average molecular weight is 288 g/mol. The first-order valence-electron chi connectivity index (χ1n) is 7.16. The molecule has 1 aromatic heterocycles. The number of benzene rings is 1. The first-order chi connectivity index (χ1) is 10.1. The van der Waals surface area contributed by atoms with E-state index >= 15 is 0 Å². The van der Waals surface area contributed by atoms with Crippen LogP contribution in [0, 0.1) is 12.7 Å². The number of halogens is 1. The van der Waals surface area contributed by atoms with Gasteiger partial charge in [0.1, 0.15) is 23.8 Å². The smallest absolute Gasteiger partial charge is 0.134 e. The van der Waals surface area contributed by atoms with Crippen LogP contribution in [0.3, 0.4) is 0 Å². The largest absolute Gasteiger partial charge is 0.370 e. The minimum atomic E-state index is -0.207. The summed E-state index contributed by atoms with van der Waals surface area (Å²) in [5.74, 6) is 1.47. The van der Waals surface area contributed by atoms with E-state index in [1.807, 2.05) is 26.0 Å². The number of hydrogen-bond acceptors (Lipinski definition) is 4. The molecule has 0 aliphatic carbocycles. The summed E-state index contributed by atoms with van der Waals surface area (Å²) >= 11 is 0. The van der Waals surface area contributed by atoms with E-state index < -0.39 is 0 Å². The molecule has 2 aromatic rings. The fourth-order valence-corrected chi connectivity index (χ4v) is 2.20. The second-order valence-electron chi connectivity index (χ2n) is 5.10. The Balaban J connectivity index is 2.03. The van der Waals surface area contributed by atoms with Gasteiger partial charge in [-0.05, 0) is 44.9 Å². The SMILES string of the molecule is CCNc1ncnc(NC(C)Cc2ccc(F)cc2)c1C. The highest BCUT2D eigenvalue weighted by atomic mass is 19.1. The highest BCUT2D eigenvalue weighted by Crippen LogP contribution is 2.19. The molecule has 1 heterocycles. The third kappa shape index (κ3) is 4.15. The number of nitrogens with zero attached hydrogens (tertiary/aromatic N) is 2. The number of aromatic nitrogens is 2. The van der Waals surface area contributed by atoms with E-state index in [4.69, 9.17) is 0 Å². The maximum absolute atomic E-state index is 12.9. The van der Waals surface area contributed by atoms with Gasteiger partial charge in [-0.25, -0.2) is 14.4 Å². The van der Waals surface area contributed by atoms with Crippen molar-refractivity contribution in [3.8, 4) is 0 Å². The number of hydrogen-bond donors (Lipinski definition) is 2. The summed E-state index contributed by atoms with van der Waals surface area (Å²) in [5, 5.41) is 6.60. The van der Waals surface area contributed by atoms with E-state index in [-0.39, 0.29) is 11.9 Å². The first kappa shape index (κ1) is 15.2. The number of rotatable bonds is 6. The Bertz CT molecular complexity index is 583. The Morgan fingerprint density at radius 2 is 1.81 bits per heavy atom. The predicted molar refractivity (Wildman–Crippen MR) is 84.1 cm³/mol. The van der Waals surface area contributed by atoms with Gasteiger partial charge in [0, 0.05) is 18.2 Å². The van der Waals surface area contributed by atoms with Crippen LogP contribution in [0.5, 0.6) is 0 Å². The Morgan fingerprint density at radius 1 is 1.14 bits per heavy atom. The monoisotopic (exact) mass is 288 g/mol. The van der Waals surface area contributed by atoms with E-state index in [0.29, 0.717) is 0 Å². The van der Waals surface area contributed by atoms with Crippen LogP contribution in [0.4, 0.5) is 16.0 Å². The van der Waals surface area contributed by atoms with Crippen molar-refractivity contribution in [2.24, 2.45) is 0 Å². The van der Waals surface area contributed by atoms with Crippen molar-refractivity contribution in [3.05, 3.63) is 47.5 Å². The van der Waals surface area contributed by atoms with Crippen LogP contribution in [0.1, 0.15) is 25.0 Å². The molecular formula is C16H21FN4. The zero-order chi connectivity index (χ0) is 15.2. The van der Waals surface area contributed by atoms with Crippen molar-refractivity contribution in [2.45, 2.75) is 33.2 Å². The molecule has 1 atom stereocenters. The molecule has 0 amide bonds. The summed E-state index contributed by atoms with van der Waals surface area (Å²) in [7, 11) is 0. The summed E-state index contributed by atoms with van der Waals surface area (Å²) in [5.41, 5.74) is 2.10. The Morgan fingerprint density at radius 3 is 2.48 bits per heavy atom. The second-order valence-corrected chi connectivity index (χ2v) is 5.10. The molecule has 0 radical (unpaired) electrons. The van der Waals surface area contributed by atoms with Gasteiger partial charge < -0.3 is 10.6 Å². The molecule has 0 spiro atoms. The highest BCUT2D eigenvalue weighted by Gasteiger charge is 2.10. The molecule has 4 nitrogen and oxygen atoms in total. The maximum atomic E-state index is 12.9. The van der Waals surface area contributed by atoms with Crippen molar-refractivity contribution in [2.75, 3.05) is 17.2 Å². The molecule has 112 valence electrons. The zero-order valence-corrected chi connectivity index (χ0v) is 12.7. The Hall–Kier alpha value is -2.17. The second kappa shape index (κ2) is 7.02. The third-order valence-corrected chi connectivity index (χ3v) is 3.27. The van der Waals surface area contributed by atoms with Crippen LogP contribution in [0.15, 0.2) is 30.6 Å². The molecule has 0 aliphatic rings. The molecule has 0 aliphatic heterocycles. The van der Waals surface area contributed by atoms with Crippen LogP contribution >= 0.6 is 0 Å². The highest BCUT2D eigenvalue weighted by molar-refractivity contribution is 5.56. The molecule has 0 fully saturated rings. The van der Waals surface area contributed by atoms with Crippen LogP contribution in [0.25, 0.3) is 0 Å². The van der Waals surface area contributed by atoms with Gasteiger partial charge in [0.15, 0.2) is 0 Å². The van der Waals surface area contributed by atoms with Gasteiger partial charge in [-0.2, -0.15) is 0 Å². The lowest BCUT2D eigenvalue weighted by molar-refractivity contribution is 0.626. The molecule has 0 bridgehead atoms. The average Bonchev–Trinajstić information content (AvgIpc) is 2.46. The molecule has 21 heavy (non-hydrogen) atoms. The summed E-state index contributed by atoms with van der Waals surface area (Å²) in [6.07, 6.45) is 2.36. The third-order valence-electron chi connectivity index (χ3n) is 3.27.